The van der Waals surface area contributed by atoms with Crippen LogP contribution in [-0.4, -0.2) is 26.6 Å². The fourth-order valence-electron chi connectivity index (χ4n) is 1.50. The van der Waals surface area contributed by atoms with E-state index in [-0.39, 0.29) is 25.0 Å². The van der Waals surface area contributed by atoms with Crippen molar-refractivity contribution in [3.05, 3.63) is 48.0 Å². The van der Waals surface area contributed by atoms with Gasteiger partial charge in [0.2, 0.25) is 0 Å². The Morgan fingerprint density at radius 3 is 1.95 bits per heavy atom. The van der Waals surface area contributed by atoms with Gasteiger partial charge in [0.1, 0.15) is 0 Å². The lowest BCUT2D eigenvalue weighted by Gasteiger charge is -2.03. The minimum atomic E-state index is -1.02. The molecule has 11 heteroatoms. The average Bonchev–Trinajstić information content (AvgIpc) is 2.35. The third-order valence-electron chi connectivity index (χ3n) is 2.33. The molecule has 0 saturated heterocycles. The highest BCUT2D eigenvalue weighted by molar-refractivity contribution is 5.61. The fraction of sp³-hybridized carbons (Fsp3) is 0.333. The van der Waals surface area contributed by atoms with Crippen LogP contribution in [0.4, 0.5) is 11.4 Å². The minimum Gasteiger partial charge on any atom is -0.497 e. The number of benzene rings is 1. The molecule has 0 radical (unpaired) electrons. The van der Waals surface area contributed by atoms with Crippen molar-refractivity contribution in [1.29, 1.82) is 0 Å². The normalized spacial score (nSPS) is 10.0. The zero-order valence-corrected chi connectivity index (χ0v) is 9.92. The lowest BCUT2D eigenvalue weighted by molar-refractivity contribution is -0.757. The molecule has 0 atom stereocenters. The van der Waals surface area contributed by atoms with Gasteiger partial charge in [-0.2, -0.15) is 0 Å². The Hall–Kier alpha value is -2.98. The molecule has 11 nitrogen and oxygen atoms in total. The summed E-state index contributed by atoms with van der Waals surface area (Å²) in [6, 6.07) is 1.96. The average molecular weight is 287 g/mol. The van der Waals surface area contributed by atoms with Gasteiger partial charge in [0.15, 0.2) is 0 Å². The first-order valence-electron chi connectivity index (χ1n) is 5.25. The predicted molar refractivity (Wildman–Crippen MR) is 62.7 cm³/mol. The van der Waals surface area contributed by atoms with Crippen molar-refractivity contribution >= 4 is 11.4 Å². The van der Waals surface area contributed by atoms with Crippen molar-refractivity contribution in [3.63, 3.8) is 0 Å². The van der Waals surface area contributed by atoms with Gasteiger partial charge in [0.25, 0.3) is 10.8 Å². The molecule has 0 fully saturated rings. The second-order valence-electron chi connectivity index (χ2n) is 3.66. The van der Waals surface area contributed by atoms with Crippen molar-refractivity contribution in [2.45, 2.75) is 12.8 Å². The van der Waals surface area contributed by atoms with Crippen LogP contribution >= 0.6 is 0 Å². The van der Waals surface area contributed by atoms with Crippen LogP contribution in [0.3, 0.4) is 0 Å². The van der Waals surface area contributed by atoms with E-state index in [1.165, 1.54) is 0 Å². The molecule has 0 unspecified atom stereocenters. The van der Waals surface area contributed by atoms with Crippen molar-refractivity contribution in [1.82, 2.24) is 0 Å². The minimum absolute atomic E-state index is 0.0931. The Balaban J connectivity index is 2.94. The number of hydrogen-bond donors (Lipinski definition) is 1. The lowest BCUT2D eigenvalue weighted by Crippen LogP contribution is -2.03. The molecule has 0 bridgehead atoms. The monoisotopic (exact) mass is 287 g/mol. The van der Waals surface area contributed by atoms with Crippen LogP contribution in [0.1, 0.15) is 12.0 Å². The molecular formula is C9H9N3O8. The highest BCUT2D eigenvalue weighted by atomic mass is 16.9. The molecule has 0 heterocycles. The van der Waals surface area contributed by atoms with Gasteiger partial charge in [0.05, 0.1) is 16.5 Å². The van der Waals surface area contributed by atoms with Gasteiger partial charge < -0.3 is 9.94 Å². The van der Waals surface area contributed by atoms with Crippen LogP contribution in [-0.2, 0) is 11.3 Å². The van der Waals surface area contributed by atoms with Crippen LogP contribution in [0.2, 0.25) is 0 Å². The summed E-state index contributed by atoms with van der Waals surface area (Å²) in [5.74, 6) is -1.02. The Morgan fingerprint density at radius 1 is 1.05 bits per heavy atom. The second-order valence-corrected chi connectivity index (χ2v) is 3.66. The quantitative estimate of drug-likeness (QED) is 0.446. The van der Waals surface area contributed by atoms with Crippen molar-refractivity contribution in [3.8, 4) is 5.75 Å². The first kappa shape index (κ1) is 15.1. The molecule has 1 N–H and O–H groups in total. The van der Waals surface area contributed by atoms with E-state index >= 15 is 0 Å². The van der Waals surface area contributed by atoms with Gasteiger partial charge in [-0.05, 0) is 18.4 Å². The van der Waals surface area contributed by atoms with E-state index in [0.29, 0.717) is 0 Å². The topological polar surface area (TPSA) is 159 Å². The summed E-state index contributed by atoms with van der Waals surface area (Å²) in [6.45, 7) is -0.241. The predicted octanol–water partition coefficient (Wildman–Crippen LogP) is 1.35. The molecule has 0 saturated carbocycles. The van der Waals surface area contributed by atoms with E-state index in [4.69, 9.17) is 0 Å². The number of phenolic OH excluding ortho intramolecular Hbond substituents is 1. The maximum atomic E-state index is 10.7. The lowest BCUT2D eigenvalue weighted by atomic mass is 10.1. The number of nitro benzene ring substituents is 2. The number of aryl methyl sites for hydroxylation is 1. The summed E-state index contributed by atoms with van der Waals surface area (Å²) in [6.07, 6.45) is 0.232. The third-order valence-corrected chi connectivity index (χ3v) is 2.33. The first-order chi connectivity index (χ1) is 9.32. The molecular weight excluding hydrogens is 278 g/mol. The largest absolute Gasteiger partial charge is 0.497 e. The van der Waals surface area contributed by atoms with Crippen LogP contribution < -0.4 is 0 Å². The van der Waals surface area contributed by atoms with Gasteiger partial charge in [-0.15, -0.1) is 10.1 Å². The van der Waals surface area contributed by atoms with E-state index in [0.717, 1.165) is 12.1 Å². The molecule has 0 aliphatic carbocycles. The highest BCUT2D eigenvalue weighted by Crippen LogP contribution is 2.36. The van der Waals surface area contributed by atoms with Gasteiger partial charge in [-0.25, -0.2) is 0 Å². The molecule has 0 spiro atoms. The molecule has 0 amide bonds. The molecule has 1 rings (SSSR count). The Morgan fingerprint density at radius 2 is 1.55 bits per heavy atom. The Kier molecular flexibility index (Phi) is 4.72. The summed E-state index contributed by atoms with van der Waals surface area (Å²) in [5.41, 5.74) is -1.37. The van der Waals surface area contributed by atoms with E-state index in [1.54, 1.807) is 0 Å². The smallest absolute Gasteiger partial charge is 0.318 e. The number of nitrogens with zero attached hydrogens (tertiary/aromatic N) is 3. The van der Waals surface area contributed by atoms with Crippen molar-refractivity contribution in [2.75, 3.05) is 6.61 Å². The first-order valence-corrected chi connectivity index (χ1v) is 5.25. The van der Waals surface area contributed by atoms with E-state index in [1.807, 2.05) is 0 Å². The maximum Gasteiger partial charge on any atom is 0.318 e. The molecule has 108 valence electrons. The van der Waals surface area contributed by atoms with Gasteiger partial charge in [-0.3, -0.25) is 20.2 Å². The van der Waals surface area contributed by atoms with Crippen LogP contribution in [0.25, 0.3) is 0 Å². The van der Waals surface area contributed by atoms with E-state index in [9.17, 15) is 35.4 Å². The third kappa shape index (κ3) is 3.76. The van der Waals surface area contributed by atoms with Crippen molar-refractivity contribution in [2.24, 2.45) is 0 Å². The molecule has 20 heavy (non-hydrogen) atoms. The Labute approximate surface area is 110 Å². The summed E-state index contributed by atoms with van der Waals surface area (Å²) in [5, 5.41) is 39.7. The van der Waals surface area contributed by atoms with Crippen LogP contribution in [0.15, 0.2) is 12.1 Å². The maximum absolute atomic E-state index is 10.7. The standard InChI is InChI=1S/C9H9N3O8/c13-9-7(10(14)15)4-6(5-8(9)11(16)17)2-1-3-20-12(18)19/h4-5,13H,1-3H2. The number of aromatic hydroxyl groups is 1. The van der Waals surface area contributed by atoms with Crippen LogP contribution in [0.5, 0.6) is 5.75 Å². The van der Waals surface area contributed by atoms with Crippen molar-refractivity contribution < 1.29 is 24.9 Å². The number of hydrogen-bond acceptors (Lipinski definition) is 8. The van der Waals surface area contributed by atoms with Gasteiger partial charge >= 0.3 is 11.4 Å². The zero-order chi connectivity index (χ0) is 15.3. The fourth-order valence-corrected chi connectivity index (χ4v) is 1.50. The van der Waals surface area contributed by atoms with Gasteiger partial charge in [-0.1, -0.05) is 0 Å². The number of rotatable bonds is 7. The molecule has 0 aliphatic heterocycles. The number of phenols is 1. The SMILES string of the molecule is O=[N+]([O-])OCCCc1cc([N+](=O)[O-])c(O)c([N+](=O)[O-])c1. The second kappa shape index (κ2) is 6.26. The highest BCUT2D eigenvalue weighted by Gasteiger charge is 2.26. The summed E-state index contributed by atoms with van der Waals surface area (Å²) < 4.78 is 0. The zero-order valence-electron chi connectivity index (χ0n) is 9.92. The molecule has 0 aromatic heterocycles. The van der Waals surface area contributed by atoms with Crippen LogP contribution in [0, 0.1) is 30.3 Å². The van der Waals surface area contributed by atoms with Gasteiger partial charge in [0, 0.05) is 12.1 Å². The molecule has 0 aliphatic rings. The summed E-state index contributed by atoms with van der Waals surface area (Å²) >= 11 is 0. The van der Waals surface area contributed by atoms with E-state index in [2.05, 4.69) is 4.84 Å². The summed E-state index contributed by atoms with van der Waals surface area (Å²) in [7, 11) is 0. The Bertz CT molecular complexity index is 523. The summed E-state index contributed by atoms with van der Waals surface area (Å²) in [4.78, 5) is 33.4. The number of nitro groups is 2. The van der Waals surface area contributed by atoms with E-state index < -0.39 is 32.1 Å². The molecule has 1 aromatic rings. The molecule has 1 aromatic carbocycles.